The van der Waals surface area contributed by atoms with Crippen LogP contribution in [0.5, 0.6) is 0 Å². The number of ketones is 1. The molecule has 4 heterocycles. The maximum atomic E-state index is 13.8. The quantitative estimate of drug-likeness (QED) is 0.553. The van der Waals surface area contributed by atoms with Crippen molar-refractivity contribution in [1.82, 2.24) is 25.4 Å². The van der Waals surface area contributed by atoms with Gasteiger partial charge >= 0.3 is 0 Å². The topological polar surface area (TPSA) is 107 Å². The SMILES string of the molecule is CN[C@H]1CN(C(=O)[C@@H](NC(=O)c2ccc(-c3csc(N4CCN(C)CC4)n3)cc2)C(C)(C)C)[C@@H]2C(=O)CO[C@H]12. The zero-order valence-corrected chi connectivity index (χ0v) is 24.1. The first kappa shape index (κ1) is 27.7. The Kier molecular flexibility index (Phi) is 7.78. The molecule has 0 aliphatic carbocycles. The number of amides is 2. The van der Waals surface area contributed by atoms with Crippen LogP contribution in [-0.4, -0.2) is 110 Å². The zero-order chi connectivity index (χ0) is 27.9. The molecule has 3 saturated heterocycles. The molecule has 4 atom stereocenters. The molecule has 0 saturated carbocycles. The first-order chi connectivity index (χ1) is 18.6. The molecule has 1 aromatic heterocycles. The Morgan fingerprint density at radius 2 is 1.82 bits per heavy atom. The van der Waals surface area contributed by atoms with Crippen LogP contribution >= 0.6 is 11.3 Å². The van der Waals surface area contributed by atoms with E-state index in [4.69, 9.17) is 9.72 Å². The molecular formula is C28H38N6O4S. The molecule has 2 amide bonds. The van der Waals surface area contributed by atoms with Gasteiger partial charge < -0.3 is 30.1 Å². The van der Waals surface area contributed by atoms with Crippen molar-refractivity contribution in [2.45, 2.75) is 45.0 Å². The van der Waals surface area contributed by atoms with Gasteiger partial charge in [0.1, 0.15) is 24.8 Å². The smallest absolute Gasteiger partial charge is 0.251 e. The number of fused-ring (bicyclic) bond motifs is 1. The highest BCUT2D eigenvalue weighted by molar-refractivity contribution is 7.14. The summed E-state index contributed by atoms with van der Waals surface area (Å²) in [7, 11) is 3.93. The number of piperazine rings is 1. The lowest BCUT2D eigenvalue weighted by Crippen LogP contribution is -2.57. The van der Waals surface area contributed by atoms with Crippen LogP contribution in [0.2, 0.25) is 0 Å². The second-order valence-electron chi connectivity index (χ2n) is 11.7. The molecule has 39 heavy (non-hydrogen) atoms. The number of benzene rings is 1. The van der Waals surface area contributed by atoms with Crippen molar-refractivity contribution in [3.63, 3.8) is 0 Å². The molecule has 3 fully saturated rings. The average molecular weight is 555 g/mol. The molecule has 210 valence electrons. The molecule has 2 N–H and O–H groups in total. The van der Waals surface area contributed by atoms with Gasteiger partial charge in [0.05, 0.1) is 11.7 Å². The van der Waals surface area contributed by atoms with E-state index in [0.717, 1.165) is 42.6 Å². The number of rotatable bonds is 6. The summed E-state index contributed by atoms with van der Waals surface area (Å²) in [4.78, 5) is 50.7. The summed E-state index contributed by atoms with van der Waals surface area (Å²) in [5, 5.41) is 9.18. The van der Waals surface area contributed by atoms with E-state index in [0.29, 0.717) is 12.1 Å². The van der Waals surface area contributed by atoms with Gasteiger partial charge in [0.25, 0.3) is 5.91 Å². The first-order valence-electron chi connectivity index (χ1n) is 13.5. The number of carbonyl (C=O) groups is 3. The molecule has 3 aliphatic heterocycles. The third-order valence-corrected chi connectivity index (χ3v) is 8.84. The molecule has 2 aromatic rings. The second kappa shape index (κ2) is 11.0. The van der Waals surface area contributed by atoms with Gasteiger partial charge in [-0.05, 0) is 31.6 Å². The number of nitrogens with zero attached hydrogens (tertiary/aromatic N) is 4. The molecular weight excluding hydrogens is 516 g/mol. The van der Waals surface area contributed by atoms with Crippen molar-refractivity contribution in [2.75, 3.05) is 58.3 Å². The number of carbonyl (C=O) groups excluding carboxylic acids is 3. The Balaban J connectivity index is 1.28. The highest BCUT2D eigenvalue weighted by atomic mass is 32.1. The normalized spacial score (nSPS) is 24.6. The number of nitrogens with one attached hydrogen (secondary N) is 2. The van der Waals surface area contributed by atoms with E-state index < -0.39 is 17.5 Å². The van der Waals surface area contributed by atoms with Crippen LogP contribution in [0.3, 0.4) is 0 Å². The molecule has 10 nitrogen and oxygen atoms in total. The zero-order valence-electron chi connectivity index (χ0n) is 23.3. The van der Waals surface area contributed by atoms with E-state index in [2.05, 4.69) is 27.5 Å². The number of likely N-dealkylation sites (tertiary alicyclic amines) is 1. The van der Waals surface area contributed by atoms with Crippen molar-refractivity contribution in [1.29, 1.82) is 0 Å². The third-order valence-electron chi connectivity index (χ3n) is 7.94. The monoisotopic (exact) mass is 554 g/mol. The fourth-order valence-electron chi connectivity index (χ4n) is 5.50. The van der Waals surface area contributed by atoms with E-state index in [1.54, 1.807) is 35.4 Å². The number of likely N-dealkylation sites (N-methyl/N-ethyl adjacent to an activating group) is 2. The van der Waals surface area contributed by atoms with E-state index in [1.807, 2.05) is 38.3 Å². The van der Waals surface area contributed by atoms with Crippen molar-refractivity contribution >= 4 is 34.1 Å². The number of hydrogen-bond donors (Lipinski definition) is 2. The Hall–Kier alpha value is -2.86. The summed E-state index contributed by atoms with van der Waals surface area (Å²) in [5.41, 5.74) is 1.72. The van der Waals surface area contributed by atoms with E-state index >= 15 is 0 Å². The Morgan fingerprint density at radius 3 is 2.46 bits per heavy atom. The summed E-state index contributed by atoms with van der Waals surface area (Å²) < 4.78 is 5.67. The van der Waals surface area contributed by atoms with Crippen molar-refractivity contribution in [3.8, 4) is 11.3 Å². The predicted molar refractivity (Wildman–Crippen MR) is 151 cm³/mol. The van der Waals surface area contributed by atoms with Gasteiger partial charge in [-0.25, -0.2) is 4.98 Å². The van der Waals surface area contributed by atoms with Gasteiger partial charge in [-0.1, -0.05) is 32.9 Å². The molecule has 1 aromatic carbocycles. The van der Waals surface area contributed by atoms with Crippen LogP contribution in [0.25, 0.3) is 11.3 Å². The van der Waals surface area contributed by atoms with Gasteiger partial charge in [-0.3, -0.25) is 14.4 Å². The number of ether oxygens (including phenoxy) is 1. The maximum absolute atomic E-state index is 13.8. The Labute approximate surface area is 233 Å². The van der Waals surface area contributed by atoms with E-state index in [-0.39, 0.29) is 36.4 Å². The summed E-state index contributed by atoms with van der Waals surface area (Å²) in [6.45, 7) is 10.1. The molecule has 0 radical (unpaired) electrons. The van der Waals surface area contributed by atoms with Gasteiger partial charge in [0.15, 0.2) is 10.9 Å². The standard InChI is InChI=1S/C28H38N6O4S/c1-28(2,3)24(26(37)34-14-19(29-4)23-22(34)21(35)15-38-23)31-25(36)18-8-6-17(7-9-18)20-16-39-27(30-20)33-12-10-32(5)11-13-33/h6-9,16,19,22-24,29H,10-15H2,1-5H3,(H,31,36)/t19-,22+,23+,24+/m0/s1. The van der Waals surface area contributed by atoms with Gasteiger partial charge in [0, 0.05) is 49.2 Å². The van der Waals surface area contributed by atoms with Crippen LogP contribution in [0.1, 0.15) is 31.1 Å². The van der Waals surface area contributed by atoms with Crippen LogP contribution in [0.15, 0.2) is 29.6 Å². The molecule has 11 heteroatoms. The number of thiazole rings is 1. The Bertz CT molecular complexity index is 1220. The highest BCUT2D eigenvalue weighted by Gasteiger charge is 2.53. The number of anilines is 1. The van der Waals surface area contributed by atoms with E-state index in [9.17, 15) is 14.4 Å². The number of aromatic nitrogens is 1. The minimum absolute atomic E-state index is 0.00599. The molecule has 5 rings (SSSR count). The fourth-order valence-corrected chi connectivity index (χ4v) is 6.39. The largest absolute Gasteiger partial charge is 0.366 e. The summed E-state index contributed by atoms with van der Waals surface area (Å²) in [6, 6.07) is 5.76. The molecule has 0 bridgehead atoms. The van der Waals surface area contributed by atoms with Crippen molar-refractivity contribution in [3.05, 3.63) is 35.2 Å². The maximum Gasteiger partial charge on any atom is 0.251 e. The summed E-state index contributed by atoms with van der Waals surface area (Å²) in [5.74, 6) is -0.697. The van der Waals surface area contributed by atoms with Crippen LogP contribution in [0, 0.1) is 5.41 Å². The van der Waals surface area contributed by atoms with Gasteiger partial charge in [-0.2, -0.15) is 0 Å². The van der Waals surface area contributed by atoms with Crippen LogP contribution < -0.4 is 15.5 Å². The fraction of sp³-hybridized carbons (Fsp3) is 0.571. The van der Waals surface area contributed by atoms with E-state index in [1.165, 1.54) is 0 Å². The minimum Gasteiger partial charge on any atom is -0.366 e. The lowest BCUT2D eigenvalue weighted by molar-refractivity contribution is -0.140. The molecule has 0 spiro atoms. The Morgan fingerprint density at radius 1 is 1.13 bits per heavy atom. The highest BCUT2D eigenvalue weighted by Crippen LogP contribution is 2.31. The van der Waals surface area contributed by atoms with Gasteiger partial charge in [-0.15, -0.1) is 11.3 Å². The van der Waals surface area contributed by atoms with Crippen LogP contribution in [-0.2, 0) is 14.3 Å². The molecule has 0 unspecified atom stereocenters. The number of hydrogen-bond acceptors (Lipinski definition) is 9. The first-order valence-corrected chi connectivity index (χ1v) is 14.4. The minimum atomic E-state index is -0.806. The summed E-state index contributed by atoms with van der Waals surface area (Å²) >= 11 is 1.63. The third kappa shape index (κ3) is 5.58. The van der Waals surface area contributed by atoms with Crippen LogP contribution in [0.4, 0.5) is 5.13 Å². The van der Waals surface area contributed by atoms with Gasteiger partial charge in [0.2, 0.25) is 5.91 Å². The van der Waals surface area contributed by atoms with Crippen molar-refractivity contribution < 1.29 is 19.1 Å². The lowest BCUT2D eigenvalue weighted by Gasteiger charge is -2.35. The van der Waals surface area contributed by atoms with Crippen molar-refractivity contribution in [2.24, 2.45) is 5.41 Å². The average Bonchev–Trinajstić information content (AvgIpc) is 3.64. The molecule has 3 aliphatic rings. The number of Topliss-reactive ketones (excluding diaryl/α,β-unsaturated/α-hetero) is 1. The predicted octanol–water partition coefficient (Wildman–Crippen LogP) is 1.47. The lowest BCUT2D eigenvalue weighted by atomic mass is 9.85. The second-order valence-corrected chi connectivity index (χ2v) is 12.6. The summed E-state index contributed by atoms with van der Waals surface area (Å²) in [6.07, 6.45) is -0.363.